The number of rotatable bonds is 4. The molecule has 0 aliphatic carbocycles. The van der Waals surface area contributed by atoms with E-state index in [0.29, 0.717) is 5.56 Å². The van der Waals surface area contributed by atoms with Gasteiger partial charge in [-0.25, -0.2) is 0 Å². The van der Waals surface area contributed by atoms with Crippen molar-refractivity contribution in [3.05, 3.63) is 46.6 Å². The van der Waals surface area contributed by atoms with E-state index in [9.17, 15) is 30.3 Å². The van der Waals surface area contributed by atoms with Gasteiger partial charge in [0.1, 0.15) is 46.5 Å². The maximum atomic E-state index is 13.0. The first kappa shape index (κ1) is 21.9. The molecule has 0 unspecified atom stereocenters. The van der Waals surface area contributed by atoms with E-state index in [0.717, 1.165) is 6.07 Å². The van der Waals surface area contributed by atoms with Crippen molar-refractivity contribution in [1.29, 1.82) is 0 Å². The van der Waals surface area contributed by atoms with Gasteiger partial charge in [0.25, 0.3) is 0 Å². The van der Waals surface area contributed by atoms with Crippen LogP contribution in [0.3, 0.4) is 0 Å². The van der Waals surface area contributed by atoms with Gasteiger partial charge >= 0.3 is 0 Å². The number of ether oxygens (including phenoxy) is 3. The lowest BCUT2D eigenvalue weighted by atomic mass is 10.00. The molecule has 0 saturated carbocycles. The SMILES string of the molecule is COc1c(-c2ccc(O)cc2)oc2cc(O[C@@H]3O[C@@H](C)[C@H](O)[C@H](O)[C@H]3O)cc(O)c2c1=O. The fourth-order valence-corrected chi connectivity index (χ4v) is 3.56. The van der Waals surface area contributed by atoms with Crippen LogP contribution in [0.25, 0.3) is 22.3 Å². The van der Waals surface area contributed by atoms with E-state index < -0.39 is 41.9 Å². The van der Waals surface area contributed by atoms with Crippen molar-refractivity contribution in [3.63, 3.8) is 0 Å². The molecule has 5 atom stereocenters. The van der Waals surface area contributed by atoms with Crippen LogP contribution in [0.5, 0.6) is 23.0 Å². The third kappa shape index (κ3) is 3.73. The van der Waals surface area contributed by atoms with Crippen molar-refractivity contribution in [2.45, 2.75) is 37.6 Å². The number of hydrogen-bond donors (Lipinski definition) is 5. The zero-order valence-corrected chi connectivity index (χ0v) is 17.1. The Morgan fingerprint density at radius 3 is 2.31 bits per heavy atom. The Kier molecular flexibility index (Phi) is 5.70. The topological polar surface area (TPSA) is 159 Å². The molecule has 1 fully saturated rings. The summed E-state index contributed by atoms with van der Waals surface area (Å²) in [5.74, 6) is -0.510. The first-order valence-corrected chi connectivity index (χ1v) is 9.74. The minimum atomic E-state index is -1.56. The number of methoxy groups -OCH3 is 1. The van der Waals surface area contributed by atoms with Gasteiger partial charge in [0.2, 0.25) is 17.5 Å². The highest BCUT2D eigenvalue weighted by atomic mass is 16.7. The maximum Gasteiger partial charge on any atom is 0.239 e. The standard InChI is InChI=1S/C22H22O10/c1-9-16(25)18(27)19(28)22(30-9)31-12-7-13(24)15-14(8-12)32-20(21(29-2)17(15)26)10-3-5-11(23)6-4-10/h3-9,16,18-19,22-25,27-28H,1-2H3/t9-,16-,18-,19+,22-/m0/s1. The molecular weight excluding hydrogens is 424 g/mol. The highest BCUT2D eigenvalue weighted by Gasteiger charge is 2.43. The van der Waals surface area contributed by atoms with Crippen LogP contribution >= 0.6 is 0 Å². The molecule has 10 nitrogen and oxygen atoms in total. The van der Waals surface area contributed by atoms with Gasteiger partial charge in [-0.05, 0) is 31.2 Å². The summed E-state index contributed by atoms with van der Waals surface area (Å²) in [6.07, 6.45) is -6.53. The van der Waals surface area contributed by atoms with Crippen molar-refractivity contribution in [3.8, 4) is 34.3 Å². The smallest absolute Gasteiger partial charge is 0.239 e. The predicted molar refractivity (Wildman–Crippen MR) is 111 cm³/mol. The average Bonchev–Trinajstić information content (AvgIpc) is 2.76. The lowest BCUT2D eigenvalue weighted by Crippen LogP contribution is -2.58. The molecule has 1 saturated heterocycles. The maximum absolute atomic E-state index is 13.0. The van der Waals surface area contributed by atoms with Crippen LogP contribution in [0.4, 0.5) is 0 Å². The van der Waals surface area contributed by atoms with Gasteiger partial charge in [-0.2, -0.15) is 0 Å². The summed E-state index contributed by atoms with van der Waals surface area (Å²) in [5.41, 5.74) is -0.212. The van der Waals surface area contributed by atoms with E-state index in [4.69, 9.17) is 18.6 Å². The first-order chi connectivity index (χ1) is 15.2. The van der Waals surface area contributed by atoms with Crippen LogP contribution in [0.2, 0.25) is 0 Å². The van der Waals surface area contributed by atoms with Crippen molar-refractivity contribution < 1.29 is 44.2 Å². The van der Waals surface area contributed by atoms with Crippen LogP contribution in [-0.4, -0.2) is 63.3 Å². The Morgan fingerprint density at radius 2 is 1.66 bits per heavy atom. The summed E-state index contributed by atoms with van der Waals surface area (Å²) >= 11 is 0. The van der Waals surface area contributed by atoms with E-state index in [1.165, 1.54) is 44.4 Å². The van der Waals surface area contributed by atoms with Crippen LogP contribution in [0.1, 0.15) is 6.92 Å². The van der Waals surface area contributed by atoms with E-state index in [1.807, 2.05) is 0 Å². The minimum Gasteiger partial charge on any atom is -0.508 e. The molecule has 32 heavy (non-hydrogen) atoms. The third-order valence-electron chi connectivity index (χ3n) is 5.30. The zero-order valence-electron chi connectivity index (χ0n) is 17.1. The Morgan fingerprint density at radius 1 is 0.969 bits per heavy atom. The molecule has 5 N–H and O–H groups in total. The first-order valence-electron chi connectivity index (χ1n) is 9.74. The van der Waals surface area contributed by atoms with Crippen molar-refractivity contribution >= 4 is 11.0 Å². The van der Waals surface area contributed by atoms with Gasteiger partial charge in [-0.15, -0.1) is 0 Å². The molecule has 3 aromatic rings. The Labute approximate surface area is 181 Å². The normalized spacial score (nSPS) is 25.6. The second-order valence-corrected chi connectivity index (χ2v) is 7.46. The number of benzene rings is 2. The fourth-order valence-electron chi connectivity index (χ4n) is 3.56. The number of hydrogen-bond acceptors (Lipinski definition) is 10. The van der Waals surface area contributed by atoms with E-state index in [-0.39, 0.29) is 34.0 Å². The molecule has 170 valence electrons. The number of phenolic OH excluding ortho intramolecular Hbond substituents is 2. The van der Waals surface area contributed by atoms with E-state index >= 15 is 0 Å². The quantitative estimate of drug-likeness (QED) is 0.393. The molecule has 1 aliphatic heterocycles. The Bertz CT molecular complexity index is 1190. The largest absolute Gasteiger partial charge is 0.508 e. The number of aliphatic hydroxyl groups excluding tert-OH is 3. The van der Waals surface area contributed by atoms with Crippen molar-refractivity contribution in [1.82, 2.24) is 0 Å². The molecule has 2 aromatic carbocycles. The van der Waals surface area contributed by atoms with E-state index in [1.54, 1.807) is 0 Å². The predicted octanol–water partition coefficient (Wildman–Crippen LogP) is 1.09. The molecule has 0 spiro atoms. The van der Waals surface area contributed by atoms with Crippen molar-refractivity contribution in [2.24, 2.45) is 0 Å². The summed E-state index contributed by atoms with van der Waals surface area (Å²) < 4.78 is 22.0. The molecule has 10 heteroatoms. The highest BCUT2D eigenvalue weighted by molar-refractivity contribution is 5.88. The molecule has 4 rings (SSSR count). The second kappa shape index (κ2) is 8.32. The number of aromatic hydroxyl groups is 2. The fraction of sp³-hybridized carbons (Fsp3) is 0.318. The minimum absolute atomic E-state index is 0.0141. The lowest BCUT2D eigenvalue weighted by Gasteiger charge is -2.38. The third-order valence-corrected chi connectivity index (χ3v) is 5.30. The summed E-state index contributed by atoms with van der Waals surface area (Å²) in [4.78, 5) is 13.0. The van der Waals surface area contributed by atoms with Crippen molar-refractivity contribution in [2.75, 3.05) is 7.11 Å². The van der Waals surface area contributed by atoms with Crippen LogP contribution < -0.4 is 14.9 Å². The molecule has 0 amide bonds. The molecule has 0 bridgehead atoms. The second-order valence-electron chi connectivity index (χ2n) is 7.46. The lowest BCUT2D eigenvalue weighted by molar-refractivity contribution is -0.268. The summed E-state index contributed by atoms with van der Waals surface area (Å²) in [7, 11) is 1.29. The molecule has 0 radical (unpaired) electrons. The van der Waals surface area contributed by atoms with Gasteiger partial charge in [0.15, 0.2) is 5.76 Å². The highest BCUT2D eigenvalue weighted by Crippen LogP contribution is 2.37. The van der Waals surface area contributed by atoms with Gasteiger partial charge < -0.3 is 44.2 Å². The average molecular weight is 446 g/mol. The monoisotopic (exact) mass is 446 g/mol. The number of aliphatic hydroxyl groups is 3. The van der Waals surface area contributed by atoms with Crippen LogP contribution in [0.15, 0.2) is 45.6 Å². The Balaban J connectivity index is 1.79. The van der Waals surface area contributed by atoms with Gasteiger partial charge in [0.05, 0.1) is 13.2 Å². The van der Waals surface area contributed by atoms with Crippen LogP contribution in [-0.2, 0) is 4.74 Å². The number of phenols is 2. The molecule has 1 aliphatic rings. The van der Waals surface area contributed by atoms with Gasteiger partial charge in [0, 0.05) is 17.7 Å². The molecule has 1 aromatic heterocycles. The summed E-state index contributed by atoms with van der Waals surface area (Å²) in [6.45, 7) is 1.50. The van der Waals surface area contributed by atoms with Crippen LogP contribution in [0, 0.1) is 0 Å². The number of fused-ring (bicyclic) bond motifs is 1. The summed E-state index contributed by atoms with van der Waals surface area (Å²) in [6, 6.07) is 8.34. The van der Waals surface area contributed by atoms with Gasteiger partial charge in [-0.1, -0.05) is 0 Å². The summed E-state index contributed by atoms with van der Waals surface area (Å²) in [5, 5.41) is 49.8. The van der Waals surface area contributed by atoms with E-state index in [2.05, 4.69) is 0 Å². The zero-order chi connectivity index (χ0) is 23.2. The Hall–Kier alpha value is -3.31. The van der Waals surface area contributed by atoms with Gasteiger partial charge in [-0.3, -0.25) is 4.79 Å². The molecule has 2 heterocycles. The molecular formula is C22H22O10.